The highest BCUT2D eigenvalue weighted by atomic mass is 32.1. The molecule has 0 aliphatic heterocycles. The molecule has 1 heterocycles. The molecule has 4 rings (SSSR count). The lowest BCUT2D eigenvalue weighted by Crippen LogP contribution is -2.39. The van der Waals surface area contributed by atoms with Gasteiger partial charge < -0.3 is 10.2 Å². The van der Waals surface area contributed by atoms with Crippen molar-refractivity contribution in [3.63, 3.8) is 0 Å². The first kappa shape index (κ1) is 17.7. The Morgan fingerprint density at radius 3 is 2.70 bits per heavy atom. The maximum atomic E-state index is 13.2. The second kappa shape index (κ2) is 7.48. The normalized spacial score (nSPS) is 13.5. The van der Waals surface area contributed by atoms with Crippen LogP contribution in [-0.4, -0.2) is 34.8 Å². The molecule has 0 bridgehead atoms. The number of fused-ring (bicyclic) bond motifs is 1. The monoisotopic (exact) mass is 379 g/mol. The van der Waals surface area contributed by atoms with Crippen molar-refractivity contribution >= 4 is 39.1 Å². The average Bonchev–Trinajstić information content (AvgIpc) is 3.40. The summed E-state index contributed by atoms with van der Waals surface area (Å²) in [4.78, 5) is 32.6. The standard InChI is InChI=1S/C21H21N3O2S/c1-14-11-22-21(27-14)23-19(25)13-24(12-15-9-10-15)20(26)18-8-4-6-16-5-2-3-7-17(16)18/h2-8,11,15H,9-10,12-13H2,1H3,(H,22,23,25). The van der Waals surface area contributed by atoms with Crippen LogP contribution in [0.1, 0.15) is 28.1 Å². The summed E-state index contributed by atoms with van der Waals surface area (Å²) in [7, 11) is 0. The zero-order chi connectivity index (χ0) is 18.8. The van der Waals surface area contributed by atoms with Crippen molar-refractivity contribution in [1.82, 2.24) is 9.88 Å². The van der Waals surface area contributed by atoms with Crippen LogP contribution in [0.15, 0.2) is 48.7 Å². The van der Waals surface area contributed by atoms with Gasteiger partial charge in [0.25, 0.3) is 5.91 Å². The first-order valence-electron chi connectivity index (χ1n) is 9.09. The van der Waals surface area contributed by atoms with Crippen LogP contribution in [0.4, 0.5) is 5.13 Å². The summed E-state index contributed by atoms with van der Waals surface area (Å²) >= 11 is 1.43. The van der Waals surface area contributed by atoms with E-state index in [0.29, 0.717) is 23.2 Å². The first-order chi connectivity index (χ1) is 13.1. The van der Waals surface area contributed by atoms with Gasteiger partial charge in [-0.15, -0.1) is 11.3 Å². The number of benzene rings is 2. The number of aryl methyl sites for hydroxylation is 1. The van der Waals surface area contributed by atoms with Crippen LogP contribution in [0.3, 0.4) is 0 Å². The maximum Gasteiger partial charge on any atom is 0.254 e. The van der Waals surface area contributed by atoms with Gasteiger partial charge >= 0.3 is 0 Å². The summed E-state index contributed by atoms with van der Waals surface area (Å²) in [6.07, 6.45) is 3.96. The van der Waals surface area contributed by atoms with E-state index in [4.69, 9.17) is 0 Å². The molecule has 138 valence electrons. The predicted octanol–water partition coefficient (Wildman–Crippen LogP) is 4.10. The number of nitrogens with zero attached hydrogens (tertiary/aromatic N) is 2. The summed E-state index contributed by atoms with van der Waals surface area (Å²) in [5.74, 6) is 0.196. The number of hydrogen-bond acceptors (Lipinski definition) is 4. The summed E-state index contributed by atoms with van der Waals surface area (Å²) < 4.78 is 0. The number of thiazole rings is 1. The number of aromatic nitrogens is 1. The van der Waals surface area contributed by atoms with Crippen LogP contribution in [0.5, 0.6) is 0 Å². The zero-order valence-electron chi connectivity index (χ0n) is 15.1. The molecule has 27 heavy (non-hydrogen) atoms. The van der Waals surface area contributed by atoms with Crippen molar-refractivity contribution < 1.29 is 9.59 Å². The lowest BCUT2D eigenvalue weighted by molar-refractivity contribution is -0.116. The van der Waals surface area contributed by atoms with Crippen LogP contribution in [0.2, 0.25) is 0 Å². The summed E-state index contributed by atoms with van der Waals surface area (Å²) in [5, 5.41) is 5.32. The Balaban J connectivity index is 1.55. The molecule has 2 aromatic carbocycles. The number of rotatable bonds is 6. The molecule has 1 fully saturated rings. The number of hydrogen-bond donors (Lipinski definition) is 1. The van der Waals surface area contributed by atoms with E-state index in [2.05, 4.69) is 10.3 Å². The number of anilines is 1. The van der Waals surface area contributed by atoms with Gasteiger partial charge in [0.1, 0.15) is 6.54 Å². The van der Waals surface area contributed by atoms with E-state index in [1.165, 1.54) is 11.3 Å². The Labute approximate surface area is 162 Å². The van der Waals surface area contributed by atoms with Crippen molar-refractivity contribution in [2.75, 3.05) is 18.4 Å². The molecule has 5 nitrogen and oxygen atoms in total. The van der Waals surface area contributed by atoms with Gasteiger partial charge in [-0.1, -0.05) is 36.4 Å². The molecule has 2 amide bonds. The molecule has 1 saturated carbocycles. The fourth-order valence-corrected chi connectivity index (χ4v) is 3.84. The first-order valence-corrected chi connectivity index (χ1v) is 9.91. The quantitative estimate of drug-likeness (QED) is 0.701. The second-order valence-corrected chi connectivity index (χ2v) is 8.21. The molecular weight excluding hydrogens is 358 g/mol. The van der Waals surface area contributed by atoms with Crippen LogP contribution in [0.25, 0.3) is 10.8 Å². The Morgan fingerprint density at radius 1 is 1.19 bits per heavy atom. The molecule has 1 N–H and O–H groups in total. The summed E-state index contributed by atoms with van der Waals surface area (Å²) in [6, 6.07) is 13.6. The van der Waals surface area contributed by atoms with E-state index in [9.17, 15) is 9.59 Å². The highest BCUT2D eigenvalue weighted by molar-refractivity contribution is 7.15. The van der Waals surface area contributed by atoms with Crippen LogP contribution in [-0.2, 0) is 4.79 Å². The minimum Gasteiger partial charge on any atom is -0.329 e. The molecule has 0 spiro atoms. The van der Waals surface area contributed by atoms with Crippen molar-refractivity contribution in [1.29, 1.82) is 0 Å². The number of carbonyl (C=O) groups excluding carboxylic acids is 2. The SMILES string of the molecule is Cc1cnc(NC(=O)CN(CC2CC2)C(=O)c2cccc3ccccc23)s1. The van der Waals surface area contributed by atoms with E-state index >= 15 is 0 Å². The van der Waals surface area contributed by atoms with E-state index in [0.717, 1.165) is 28.5 Å². The Morgan fingerprint density at radius 2 is 1.96 bits per heavy atom. The van der Waals surface area contributed by atoms with Crippen molar-refractivity contribution in [3.05, 3.63) is 59.1 Å². The van der Waals surface area contributed by atoms with Gasteiger partial charge in [-0.2, -0.15) is 0 Å². The fraction of sp³-hybridized carbons (Fsp3) is 0.286. The van der Waals surface area contributed by atoms with Gasteiger partial charge in [0.2, 0.25) is 5.91 Å². The number of nitrogens with one attached hydrogen (secondary N) is 1. The highest BCUT2D eigenvalue weighted by Crippen LogP contribution is 2.31. The Kier molecular flexibility index (Phi) is 4.90. The van der Waals surface area contributed by atoms with Gasteiger partial charge in [0.15, 0.2) is 5.13 Å². The Bertz CT molecular complexity index is 989. The lowest BCUT2D eigenvalue weighted by atomic mass is 10.0. The zero-order valence-corrected chi connectivity index (χ0v) is 16.0. The predicted molar refractivity (Wildman–Crippen MR) is 108 cm³/mol. The van der Waals surface area contributed by atoms with Crippen molar-refractivity contribution in [2.45, 2.75) is 19.8 Å². The van der Waals surface area contributed by atoms with Crippen LogP contribution in [0, 0.1) is 12.8 Å². The number of amides is 2. The van der Waals surface area contributed by atoms with E-state index in [-0.39, 0.29) is 18.4 Å². The van der Waals surface area contributed by atoms with Gasteiger partial charge in [-0.05, 0) is 42.5 Å². The molecule has 1 aliphatic carbocycles. The molecule has 3 aromatic rings. The van der Waals surface area contributed by atoms with Gasteiger partial charge in [0, 0.05) is 23.2 Å². The minimum atomic E-state index is -0.210. The topological polar surface area (TPSA) is 62.3 Å². The summed E-state index contributed by atoms with van der Waals surface area (Å²) in [5.41, 5.74) is 0.645. The third kappa shape index (κ3) is 4.17. The molecule has 6 heteroatoms. The lowest BCUT2D eigenvalue weighted by Gasteiger charge is -2.22. The molecule has 0 radical (unpaired) electrons. The van der Waals surface area contributed by atoms with Gasteiger partial charge in [0.05, 0.1) is 0 Å². The Hall–Kier alpha value is -2.73. The number of carbonyl (C=O) groups is 2. The third-order valence-corrected chi connectivity index (χ3v) is 5.51. The minimum absolute atomic E-state index is 0.0389. The van der Waals surface area contributed by atoms with E-state index in [1.54, 1.807) is 11.1 Å². The van der Waals surface area contributed by atoms with Crippen LogP contribution < -0.4 is 5.32 Å². The van der Waals surface area contributed by atoms with Crippen LogP contribution >= 0.6 is 11.3 Å². The van der Waals surface area contributed by atoms with Crippen molar-refractivity contribution in [3.8, 4) is 0 Å². The molecule has 0 atom stereocenters. The fourth-order valence-electron chi connectivity index (χ4n) is 3.16. The molecular formula is C21H21N3O2S. The van der Waals surface area contributed by atoms with E-state index < -0.39 is 0 Å². The summed E-state index contributed by atoms with van der Waals surface area (Å²) in [6.45, 7) is 2.60. The van der Waals surface area contributed by atoms with E-state index in [1.807, 2.05) is 49.4 Å². The average molecular weight is 379 g/mol. The smallest absolute Gasteiger partial charge is 0.254 e. The largest absolute Gasteiger partial charge is 0.329 e. The van der Waals surface area contributed by atoms with Crippen molar-refractivity contribution in [2.24, 2.45) is 5.92 Å². The molecule has 1 aliphatic rings. The highest BCUT2D eigenvalue weighted by Gasteiger charge is 2.29. The second-order valence-electron chi connectivity index (χ2n) is 6.98. The molecule has 0 saturated heterocycles. The van der Waals surface area contributed by atoms with Gasteiger partial charge in [-0.25, -0.2) is 4.98 Å². The third-order valence-electron chi connectivity index (χ3n) is 4.68. The molecule has 0 unspecified atom stereocenters. The molecule has 1 aromatic heterocycles. The maximum absolute atomic E-state index is 13.2. The van der Waals surface area contributed by atoms with Gasteiger partial charge in [-0.3, -0.25) is 9.59 Å².